The van der Waals surface area contributed by atoms with E-state index >= 15 is 0 Å². The van der Waals surface area contributed by atoms with E-state index in [1.165, 1.54) is 35.9 Å². The first kappa shape index (κ1) is 15.5. The van der Waals surface area contributed by atoms with E-state index in [1.54, 1.807) is 25.2 Å². The van der Waals surface area contributed by atoms with Gasteiger partial charge in [-0.25, -0.2) is 13.1 Å². The number of aryl methyl sites for hydroxylation is 1. The first-order valence-electron chi connectivity index (χ1n) is 6.69. The van der Waals surface area contributed by atoms with Gasteiger partial charge in [0.15, 0.2) is 5.60 Å². The molecular weight excluding hydrogens is 322 g/mol. The number of rotatable bonds is 6. The Kier molecular flexibility index (Phi) is 3.84. The van der Waals surface area contributed by atoms with Crippen molar-refractivity contribution in [3.8, 4) is 0 Å². The summed E-state index contributed by atoms with van der Waals surface area (Å²) in [6, 6.07) is 4.71. The molecule has 23 heavy (non-hydrogen) atoms. The third kappa shape index (κ3) is 2.93. The monoisotopic (exact) mass is 337 g/mol. The summed E-state index contributed by atoms with van der Waals surface area (Å²) in [7, 11) is -2.21. The minimum atomic E-state index is -3.82. The van der Waals surface area contributed by atoms with Crippen LogP contribution in [-0.2, 0) is 22.7 Å². The van der Waals surface area contributed by atoms with Crippen molar-refractivity contribution in [2.24, 2.45) is 7.05 Å². The maximum atomic E-state index is 12.3. The van der Waals surface area contributed by atoms with Crippen LogP contribution in [0.25, 0.3) is 0 Å². The molecule has 0 aliphatic rings. The topological polar surface area (TPSA) is 110 Å². The van der Waals surface area contributed by atoms with Crippen LogP contribution >= 0.6 is 0 Å². The summed E-state index contributed by atoms with van der Waals surface area (Å²) < 4.78 is 38.6. The fourth-order valence-electron chi connectivity index (χ4n) is 2.17. The van der Waals surface area contributed by atoms with Crippen molar-refractivity contribution in [3.05, 3.63) is 60.7 Å². The maximum absolute atomic E-state index is 12.3. The number of nitrogens with zero attached hydrogens (tertiary/aromatic N) is 2. The van der Waals surface area contributed by atoms with Gasteiger partial charge in [-0.05, 0) is 18.2 Å². The molecule has 0 saturated carbocycles. The molecule has 0 bridgehead atoms. The normalized spacial score (nSPS) is 14.7. The Hall–Kier alpha value is -2.36. The van der Waals surface area contributed by atoms with Gasteiger partial charge in [-0.2, -0.15) is 5.10 Å². The molecular formula is C14H15N3O5S. The average Bonchev–Trinajstić information content (AvgIpc) is 3.25. The van der Waals surface area contributed by atoms with Crippen molar-refractivity contribution in [2.75, 3.05) is 6.54 Å². The van der Waals surface area contributed by atoms with E-state index in [0.717, 1.165) is 0 Å². The number of aliphatic hydroxyl groups is 1. The van der Waals surface area contributed by atoms with Crippen LogP contribution in [0, 0.1) is 0 Å². The van der Waals surface area contributed by atoms with Gasteiger partial charge in [0.05, 0.1) is 31.5 Å². The first-order chi connectivity index (χ1) is 10.9. The summed E-state index contributed by atoms with van der Waals surface area (Å²) in [6.45, 7) is -0.322. The highest BCUT2D eigenvalue weighted by Crippen LogP contribution is 2.30. The molecule has 3 heterocycles. The van der Waals surface area contributed by atoms with Crippen LogP contribution in [0.4, 0.5) is 0 Å². The predicted molar refractivity (Wildman–Crippen MR) is 78.8 cm³/mol. The van der Waals surface area contributed by atoms with Crippen LogP contribution in [-0.4, -0.2) is 29.8 Å². The number of aromatic nitrogens is 2. The second kappa shape index (κ2) is 5.69. The molecule has 1 atom stereocenters. The average molecular weight is 337 g/mol. The Morgan fingerprint density at radius 3 is 2.78 bits per heavy atom. The minimum absolute atomic E-state index is 0.00832. The highest BCUT2D eigenvalue weighted by atomic mass is 32.2. The summed E-state index contributed by atoms with van der Waals surface area (Å²) in [5, 5.41) is 14.8. The predicted octanol–water partition coefficient (Wildman–Crippen LogP) is 0.821. The first-order valence-corrected chi connectivity index (χ1v) is 8.17. The molecule has 0 spiro atoms. The number of nitrogens with one attached hydrogen (secondary N) is 1. The fourth-order valence-corrected chi connectivity index (χ4v) is 3.21. The Bertz CT molecular complexity index is 831. The molecule has 3 aromatic heterocycles. The van der Waals surface area contributed by atoms with Gasteiger partial charge in [0.25, 0.3) is 0 Å². The molecule has 0 fully saturated rings. The Morgan fingerprint density at radius 1 is 1.39 bits per heavy atom. The highest BCUT2D eigenvalue weighted by molar-refractivity contribution is 7.89. The van der Waals surface area contributed by atoms with E-state index in [-0.39, 0.29) is 17.2 Å². The zero-order valence-electron chi connectivity index (χ0n) is 12.2. The molecule has 1 unspecified atom stereocenters. The molecule has 0 aliphatic heterocycles. The quantitative estimate of drug-likeness (QED) is 0.689. The molecule has 122 valence electrons. The van der Waals surface area contributed by atoms with E-state index in [0.29, 0.717) is 5.56 Å². The maximum Gasteiger partial charge on any atom is 0.243 e. The number of furan rings is 2. The second-order valence-electron chi connectivity index (χ2n) is 5.02. The third-order valence-electron chi connectivity index (χ3n) is 3.44. The number of sulfonamides is 1. The van der Waals surface area contributed by atoms with Gasteiger partial charge in [0.1, 0.15) is 10.7 Å². The largest absolute Gasteiger partial charge is 0.472 e. The fraction of sp³-hybridized carbons (Fsp3) is 0.214. The second-order valence-corrected chi connectivity index (χ2v) is 6.79. The lowest BCUT2D eigenvalue weighted by Gasteiger charge is -2.24. The van der Waals surface area contributed by atoms with Gasteiger partial charge in [-0.1, -0.05) is 0 Å². The summed E-state index contributed by atoms with van der Waals surface area (Å²) in [5.41, 5.74) is -1.31. The van der Waals surface area contributed by atoms with Crippen molar-refractivity contribution < 1.29 is 22.4 Å². The molecule has 3 aromatic rings. The van der Waals surface area contributed by atoms with Gasteiger partial charge < -0.3 is 13.9 Å². The summed E-state index contributed by atoms with van der Waals surface area (Å²) >= 11 is 0. The van der Waals surface area contributed by atoms with E-state index in [4.69, 9.17) is 8.83 Å². The van der Waals surface area contributed by atoms with Crippen molar-refractivity contribution in [1.82, 2.24) is 14.5 Å². The lowest BCUT2D eigenvalue weighted by Crippen LogP contribution is -2.41. The van der Waals surface area contributed by atoms with Gasteiger partial charge >= 0.3 is 0 Å². The summed E-state index contributed by atoms with van der Waals surface area (Å²) in [6.07, 6.45) is 6.72. The molecule has 3 rings (SSSR count). The van der Waals surface area contributed by atoms with Crippen LogP contribution in [0.15, 0.2) is 63.1 Å². The van der Waals surface area contributed by atoms with Crippen molar-refractivity contribution >= 4 is 10.0 Å². The van der Waals surface area contributed by atoms with Crippen molar-refractivity contribution in [3.63, 3.8) is 0 Å². The summed E-state index contributed by atoms with van der Waals surface area (Å²) in [4.78, 5) is 0.00832. The lowest BCUT2D eigenvalue weighted by molar-refractivity contribution is 0.0613. The third-order valence-corrected chi connectivity index (χ3v) is 4.79. The zero-order valence-corrected chi connectivity index (χ0v) is 13.0. The smallest absolute Gasteiger partial charge is 0.243 e. The van der Waals surface area contributed by atoms with Gasteiger partial charge in [-0.3, -0.25) is 4.68 Å². The van der Waals surface area contributed by atoms with Crippen molar-refractivity contribution in [1.29, 1.82) is 0 Å². The number of hydrogen-bond acceptors (Lipinski definition) is 6. The molecule has 0 amide bonds. The SMILES string of the molecule is Cn1cc(S(=O)(=O)NCC(O)(c2ccoc2)c2ccco2)cn1. The standard InChI is InChI=1S/C14H15N3O5S/c1-17-8-12(7-15-17)23(19,20)16-10-14(18,11-4-6-21-9-11)13-3-2-5-22-13/h2-9,16,18H,10H2,1H3. The lowest BCUT2D eigenvalue weighted by atomic mass is 9.94. The summed E-state index contributed by atoms with van der Waals surface area (Å²) in [5.74, 6) is 0.202. The molecule has 0 aliphatic carbocycles. The Morgan fingerprint density at radius 2 is 2.22 bits per heavy atom. The van der Waals surface area contributed by atoms with Crippen LogP contribution in [0.2, 0.25) is 0 Å². The molecule has 0 saturated heterocycles. The molecule has 0 radical (unpaired) electrons. The minimum Gasteiger partial charge on any atom is -0.472 e. The van der Waals surface area contributed by atoms with Gasteiger partial charge in [0.2, 0.25) is 10.0 Å². The Labute approximate surface area is 132 Å². The van der Waals surface area contributed by atoms with Gasteiger partial charge in [0, 0.05) is 18.8 Å². The van der Waals surface area contributed by atoms with Crippen LogP contribution in [0.3, 0.4) is 0 Å². The van der Waals surface area contributed by atoms with Crippen molar-refractivity contribution in [2.45, 2.75) is 10.5 Å². The van der Waals surface area contributed by atoms with E-state index in [1.807, 2.05) is 0 Å². The highest BCUT2D eigenvalue weighted by Gasteiger charge is 2.37. The Balaban J connectivity index is 1.89. The van der Waals surface area contributed by atoms with E-state index in [9.17, 15) is 13.5 Å². The van der Waals surface area contributed by atoms with E-state index < -0.39 is 15.6 Å². The number of hydrogen-bond donors (Lipinski definition) is 2. The van der Waals surface area contributed by atoms with Crippen LogP contribution < -0.4 is 4.72 Å². The van der Waals surface area contributed by atoms with Crippen LogP contribution in [0.5, 0.6) is 0 Å². The molecule has 0 aromatic carbocycles. The van der Waals surface area contributed by atoms with E-state index in [2.05, 4.69) is 9.82 Å². The molecule has 9 heteroatoms. The van der Waals surface area contributed by atoms with Gasteiger partial charge in [-0.15, -0.1) is 0 Å². The molecule has 2 N–H and O–H groups in total. The van der Waals surface area contributed by atoms with Crippen LogP contribution in [0.1, 0.15) is 11.3 Å². The molecule has 8 nitrogen and oxygen atoms in total. The zero-order chi connectivity index (χ0) is 16.5.